The first-order chi connectivity index (χ1) is 15.6. The van der Waals surface area contributed by atoms with Gasteiger partial charge in [-0.25, -0.2) is 4.39 Å². The van der Waals surface area contributed by atoms with Crippen LogP contribution in [0.25, 0.3) is 0 Å². The molecule has 1 saturated heterocycles. The molecular weight excluding hydrogens is 409 g/mol. The number of rotatable bonds is 4. The molecule has 0 atom stereocenters. The lowest BCUT2D eigenvalue weighted by atomic mass is 9.76. The summed E-state index contributed by atoms with van der Waals surface area (Å²) in [6, 6.07) is 11.9. The van der Waals surface area contributed by atoms with Crippen molar-refractivity contribution in [1.82, 2.24) is 4.90 Å². The maximum absolute atomic E-state index is 13.9. The average molecular weight is 438 g/mol. The Morgan fingerprint density at radius 3 is 2.38 bits per heavy atom. The lowest BCUT2D eigenvalue weighted by Gasteiger charge is -2.38. The minimum atomic E-state index is -0.630. The van der Waals surface area contributed by atoms with Gasteiger partial charge in [-0.15, -0.1) is 0 Å². The fraction of sp³-hybridized carbons (Fsp3) is 0.462. The molecule has 2 aromatic carbocycles. The normalized spacial score (nSPS) is 20.2. The van der Waals surface area contributed by atoms with Crippen molar-refractivity contribution in [3.05, 3.63) is 59.4 Å². The molecule has 1 amide bonds. The molecule has 0 N–H and O–H groups in total. The number of amides is 1. The van der Waals surface area contributed by atoms with Gasteiger partial charge in [-0.3, -0.25) is 9.59 Å². The highest BCUT2D eigenvalue weighted by molar-refractivity contribution is 5.98. The largest absolute Gasteiger partial charge is 0.486 e. The van der Waals surface area contributed by atoms with E-state index in [1.807, 2.05) is 11.0 Å². The minimum absolute atomic E-state index is 0.0887. The molecule has 2 aliphatic heterocycles. The lowest BCUT2D eigenvalue weighted by Crippen LogP contribution is -2.49. The molecule has 32 heavy (non-hydrogen) atoms. The highest BCUT2D eigenvalue weighted by atomic mass is 19.1. The van der Waals surface area contributed by atoms with Crippen LogP contribution < -0.4 is 9.47 Å². The van der Waals surface area contributed by atoms with Gasteiger partial charge in [-0.2, -0.15) is 0 Å². The van der Waals surface area contributed by atoms with E-state index in [4.69, 9.17) is 9.47 Å². The van der Waals surface area contributed by atoms with E-state index in [0.717, 1.165) is 31.2 Å². The fourth-order valence-electron chi connectivity index (χ4n) is 5.47. The zero-order chi connectivity index (χ0) is 22.1. The number of Topliss-reactive ketones (excluding diaryl/α,β-unsaturated/α-hetero) is 1. The van der Waals surface area contributed by atoms with Crippen molar-refractivity contribution in [3.8, 4) is 11.5 Å². The molecule has 5 rings (SSSR count). The van der Waals surface area contributed by atoms with E-state index >= 15 is 0 Å². The zero-order valence-electron chi connectivity index (χ0n) is 18.1. The number of carbonyl (C=O) groups excluding carboxylic acids is 2. The summed E-state index contributed by atoms with van der Waals surface area (Å²) in [5.74, 6) is 1.06. The van der Waals surface area contributed by atoms with Crippen LogP contribution in [0.3, 0.4) is 0 Å². The number of hydrogen-bond acceptors (Lipinski definition) is 4. The Hall–Kier alpha value is -2.89. The number of halogens is 1. The maximum Gasteiger partial charge on any atom is 0.233 e. The average Bonchev–Trinajstić information content (AvgIpc) is 3.34. The SMILES string of the molecule is O=C(c1ccc2c(c1)OCCO2)C1CCN(C(=O)C2(c3cccc(F)c3)CCCC2)CC1. The van der Waals surface area contributed by atoms with Crippen LogP contribution in [0, 0.1) is 11.7 Å². The first-order valence-electron chi connectivity index (χ1n) is 11.6. The van der Waals surface area contributed by atoms with Crippen LogP contribution in [-0.2, 0) is 10.2 Å². The third-order valence-electron chi connectivity index (χ3n) is 7.22. The molecule has 2 heterocycles. The third kappa shape index (κ3) is 3.76. The van der Waals surface area contributed by atoms with Crippen LogP contribution in [0.1, 0.15) is 54.4 Å². The number of fused-ring (bicyclic) bond motifs is 1. The molecular formula is C26H28FNO4. The van der Waals surface area contributed by atoms with Crippen molar-refractivity contribution < 1.29 is 23.5 Å². The van der Waals surface area contributed by atoms with E-state index in [2.05, 4.69) is 0 Å². The molecule has 0 spiro atoms. The second-order valence-corrected chi connectivity index (χ2v) is 9.09. The van der Waals surface area contributed by atoms with Crippen LogP contribution in [0.15, 0.2) is 42.5 Å². The quantitative estimate of drug-likeness (QED) is 0.660. The van der Waals surface area contributed by atoms with Crippen LogP contribution in [-0.4, -0.2) is 42.9 Å². The van der Waals surface area contributed by atoms with Gasteiger partial charge in [0.2, 0.25) is 5.91 Å². The molecule has 2 fully saturated rings. The van der Waals surface area contributed by atoms with E-state index < -0.39 is 5.41 Å². The first-order valence-corrected chi connectivity index (χ1v) is 11.6. The van der Waals surface area contributed by atoms with Crippen LogP contribution in [0.2, 0.25) is 0 Å². The molecule has 0 radical (unpaired) electrons. The van der Waals surface area contributed by atoms with Crippen molar-refractivity contribution in [2.75, 3.05) is 26.3 Å². The Bertz CT molecular complexity index is 1020. The number of likely N-dealkylation sites (tertiary alicyclic amines) is 1. The van der Waals surface area contributed by atoms with Gasteiger partial charge in [0.15, 0.2) is 17.3 Å². The Morgan fingerprint density at radius 1 is 0.938 bits per heavy atom. The van der Waals surface area contributed by atoms with Crippen molar-refractivity contribution in [1.29, 1.82) is 0 Å². The molecule has 3 aliphatic rings. The van der Waals surface area contributed by atoms with Crippen LogP contribution in [0.5, 0.6) is 11.5 Å². The number of piperidine rings is 1. The van der Waals surface area contributed by atoms with Gasteiger partial charge in [-0.1, -0.05) is 25.0 Å². The minimum Gasteiger partial charge on any atom is -0.486 e. The summed E-state index contributed by atoms with van der Waals surface area (Å²) in [4.78, 5) is 28.6. The summed E-state index contributed by atoms with van der Waals surface area (Å²) in [5.41, 5.74) is 0.787. The highest BCUT2D eigenvalue weighted by Gasteiger charge is 2.46. The van der Waals surface area contributed by atoms with Crippen molar-refractivity contribution >= 4 is 11.7 Å². The zero-order valence-corrected chi connectivity index (χ0v) is 18.1. The maximum atomic E-state index is 13.9. The van der Waals surface area contributed by atoms with Gasteiger partial charge in [0.25, 0.3) is 0 Å². The monoisotopic (exact) mass is 437 g/mol. The third-order valence-corrected chi connectivity index (χ3v) is 7.22. The summed E-state index contributed by atoms with van der Waals surface area (Å²) < 4.78 is 25.1. The summed E-state index contributed by atoms with van der Waals surface area (Å²) in [6.07, 6.45) is 4.73. The predicted octanol–water partition coefficient (Wildman–Crippen LogP) is 4.53. The molecule has 0 aromatic heterocycles. The predicted molar refractivity (Wildman–Crippen MR) is 118 cm³/mol. The van der Waals surface area contributed by atoms with Gasteiger partial charge >= 0.3 is 0 Å². The van der Waals surface area contributed by atoms with E-state index in [1.165, 1.54) is 12.1 Å². The van der Waals surface area contributed by atoms with Crippen molar-refractivity contribution in [2.24, 2.45) is 5.92 Å². The number of carbonyl (C=O) groups is 2. The summed E-state index contributed by atoms with van der Waals surface area (Å²) >= 11 is 0. The molecule has 1 aliphatic carbocycles. The van der Waals surface area contributed by atoms with Crippen molar-refractivity contribution in [3.63, 3.8) is 0 Å². The summed E-state index contributed by atoms with van der Waals surface area (Å²) in [5, 5.41) is 0. The Morgan fingerprint density at radius 2 is 1.66 bits per heavy atom. The Balaban J connectivity index is 1.28. The standard InChI is InChI=1S/C26H28FNO4/c27-21-5-3-4-20(17-21)26(10-1-2-11-26)25(30)28-12-8-18(9-13-28)24(29)19-6-7-22-23(16-19)32-15-14-31-22/h3-7,16-18H,1-2,8-15H2. The Labute approximate surface area is 187 Å². The van der Waals surface area contributed by atoms with Gasteiger partial charge in [-0.05, 0) is 61.6 Å². The second-order valence-electron chi connectivity index (χ2n) is 9.09. The fourth-order valence-corrected chi connectivity index (χ4v) is 5.47. The van der Waals surface area contributed by atoms with Crippen LogP contribution in [0.4, 0.5) is 4.39 Å². The molecule has 168 valence electrons. The topological polar surface area (TPSA) is 55.8 Å². The smallest absolute Gasteiger partial charge is 0.233 e. The molecule has 0 unspecified atom stereocenters. The Kier molecular flexibility index (Phi) is 5.62. The number of hydrogen-bond donors (Lipinski definition) is 0. The van der Waals surface area contributed by atoms with Gasteiger partial charge < -0.3 is 14.4 Å². The van der Waals surface area contributed by atoms with E-state index in [-0.39, 0.29) is 23.4 Å². The number of ketones is 1. The van der Waals surface area contributed by atoms with Gasteiger partial charge in [0.1, 0.15) is 19.0 Å². The summed E-state index contributed by atoms with van der Waals surface area (Å²) in [7, 11) is 0. The lowest BCUT2D eigenvalue weighted by molar-refractivity contribution is -0.138. The van der Waals surface area contributed by atoms with Gasteiger partial charge in [0, 0.05) is 24.6 Å². The molecule has 1 saturated carbocycles. The van der Waals surface area contributed by atoms with E-state index in [0.29, 0.717) is 56.2 Å². The van der Waals surface area contributed by atoms with E-state index in [9.17, 15) is 14.0 Å². The number of ether oxygens (including phenoxy) is 2. The molecule has 6 heteroatoms. The van der Waals surface area contributed by atoms with Crippen LogP contribution >= 0.6 is 0 Å². The molecule has 5 nitrogen and oxygen atoms in total. The van der Waals surface area contributed by atoms with Crippen molar-refractivity contribution in [2.45, 2.75) is 43.9 Å². The second kappa shape index (κ2) is 8.57. The highest BCUT2D eigenvalue weighted by Crippen LogP contribution is 2.43. The first kappa shape index (κ1) is 21.0. The van der Waals surface area contributed by atoms with E-state index in [1.54, 1.807) is 24.3 Å². The molecule has 0 bridgehead atoms. The summed E-state index contributed by atoms with van der Waals surface area (Å²) in [6.45, 7) is 2.11. The number of benzene rings is 2. The molecule has 2 aromatic rings. The van der Waals surface area contributed by atoms with Gasteiger partial charge in [0.05, 0.1) is 5.41 Å². The number of nitrogens with zero attached hydrogens (tertiary/aromatic N) is 1.